The van der Waals surface area contributed by atoms with E-state index in [2.05, 4.69) is 48.1 Å². The fourth-order valence-electron chi connectivity index (χ4n) is 1.77. The van der Waals surface area contributed by atoms with Crippen molar-refractivity contribution >= 4 is 17.7 Å². The van der Waals surface area contributed by atoms with Crippen molar-refractivity contribution in [3.63, 3.8) is 0 Å². The number of hydrogen-bond donors (Lipinski definition) is 2. The number of thioether (sulfide) groups is 1. The van der Waals surface area contributed by atoms with Crippen LogP contribution in [0.2, 0.25) is 0 Å². The van der Waals surface area contributed by atoms with Crippen molar-refractivity contribution < 1.29 is 4.79 Å². The maximum atomic E-state index is 11.6. The number of likely N-dealkylation sites (N-methyl/N-ethyl adjacent to an activating group) is 1. The second-order valence-corrected chi connectivity index (χ2v) is 5.16. The van der Waals surface area contributed by atoms with Crippen LogP contribution in [-0.2, 0) is 4.79 Å². The fourth-order valence-corrected chi connectivity index (χ4v) is 2.18. The monoisotopic (exact) mass is 266 g/mol. The van der Waals surface area contributed by atoms with Gasteiger partial charge < -0.3 is 5.32 Å². The zero-order valence-corrected chi connectivity index (χ0v) is 12.3. The molecule has 0 heterocycles. The van der Waals surface area contributed by atoms with Crippen molar-refractivity contribution in [1.29, 1.82) is 0 Å². The van der Waals surface area contributed by atoms with Gasteiger partial charge in [-0.3, -0.25) is 10.1 Å². The summed E-state index contributed by atoms with van der Waals surface area (Å²) in [6, 6.07) is 8.41. The molecule has 2 atom stereocenters. The number of amides is 1. The summed E-state index contributed by atoms with van der Waals surface area (Å²) in [7, 11) is 0. The van der Waals surface area contributed by atoms with E-state index in [0.29, 0.717) is 6.54 Å². The molecule has 1 aromatic carbocycles. The third-order valence-electron chi connectivity index (χ3n) is 2.86. The molecule has 0 radical (unpaired) electrons. The van der Waals surface area contributed by atoms with Crippen LogP contribution < -0.4 is 10.6 Å². The predicted molar refractivity (Wildman–Crippen MR) is 77.9 cm³/mol. The summed E-state index contributed by atoms with van der Waals surface area (Å²) in [5, 5.41) is 6.11. The number of nitrogens with one attached hydrogen (secondary N) is 2. The molecule has 4 heteroatoms. The average Bonchev–Trinajstić information content (AvgIpc) is 2.39. The minimum Gasteiger partial charge on any atom is -0.355 e. The van der Waals surface area contributed by atoms with Gasteiger partial charge in [-0.15, -0.1) is 11.8 Å². The standard InChI is InChI=1S/C14H22N2OS/c1-5-15-14(17)11(3)16-10(2)12-6-8-13(18-4)9-7-12/h6-11,16H,5H2,1-4H3,(H,15,17). The molecule has 0 bridgehead atoms. The lowest BCUT2D eigenvalue weighted by atomic mass is 10.1. The number of benzene rings is 1. The van der Waals surface area contributed by atoms with Crippen molar-refractivity contribution in [1.82, 2.24) is 10.6 Å². The number of hydrogen-bond acceptors (Lipinski definition) is 3. The van der Waals surface area contributed by atoms with Gasteiger partial charge in [0.15, 0.2) is 0 Å². The SMILES string of the molecule is CCNC(=O)C(C)NC(C)c1ccc(SC)cc1. The summed E-state index contributed by atoms with van der Waals surface area (Å²) in [6.45, 7) is 6.55. The fraction of sp³-hybridized carbons (Fsp3) is 0.500. The highest BCUT2D eigenvalue weighted by atomic mass is 32.2. The van der Waals surface area contributed by atoms with E-state index in [1.807, 2.05) is 13.8 Å². The first kappa shape index (κ1) is 15.1. The van der Waals surface area contributed by atoms with Crippen LogP contribution in [0.3, 0.4) is 0 Å². The van der Waals surface area contributed by atoms with Crippen LogP contribution >= 0.6 is 11.8 Å². The molecule has 0 aromatic heterocycles. The van der Waals surface area contributed by atoms with Crippen LogP contribution in [0.1, 0.15) is 32.4 Å². The molecule has 0 aliphatic rings. The quantitative estimate of drug-likeness (QED) is 0.778. The molecule has 18 heavy (non-hydrogen) atoms. The van der Waals surface area contributed by atoms with E-state index in [1.54, 1.807) is 11.8 Å². The zero-order chi connectivity index (χ0) is 13.5. The summed E-state index contributed by atoms with van der Waals surface area (Å²) in [5.41, 5.74) is 1.20. The van der Waals surface area contributed by atoms with Crippen LogP contribution in [0.5, 0.6) is 0 Å². The number of carbonyl (C=O) groups excluding carboxylic acids is 1. The third-order valence-corrected chi connectivity index (χ3v) is 3.60. The minimum absolute atomic E-state index is 0.0464. The van der Waals surface area contributed by atoms with E-state index in [-0.39, 0.29) is 18.0 Å². The first-order valence-corrected chi connectivity index (χ1v) is 7.48. The predicted octanol–water partition coefficient (Wildman–Crippen LogP) is 2.58. The van der Waals surface area contributed by atoms with Gasteiger partial charge in [0.1, 0.15) is 0 Å². The molecule has 1 amide bonds. The normalized spacial score (nSPS) is 14.0. The second kappa shape index (κ2) is 7.44. The van der Waals surface area contributed by atoms with Gasteiger partial charge in [0.2, 0.25) is 5.91 Å². The molecule has 0 fully saturated rings. The van der Waals surface area contributed by atoms with Crippen molar-refractivity contribution in [2.24, 2.45) is 0 Å². The molecule has 2 unspecified atom stereocenters. The van der Waals surface area contributed by atoms with Gasteiger partial charge in [-0.05, 0) is 44.7 Å². The molecular weight excluding hydrogens is 244 g/mol. The van der Waals surface area contributed by atoms with Crippen LogP contribution in [0.4, 0.5) is 0 Å². The summed E-state index contributed by atoms with van der Waals surface area (Å²) in [5.74, 6) is 0.0464. The molecule has 2 N–H and O–H groups in total. The molecule has 0 saturated heterocycles. The smallest absolute Gasteiger partial charge is 0.236 e. The molecule has 3 nitrogen and oxygen atoms in total. The summed E-state index contributed by atoms with van der Waals surface area (Å²) in [4.78, 5) is 12.9. The Morgan fingerprint density at radius 2 is 1.89 bits per heavy atom. The maximum Gasteiger partial charge on any atom is 0.236 e. The topological polar surface area (TPSA) is 41.1 Å². The van der Waals surface area contributed by atoms with E-state index in [1.165, 1.54) is 10.5 Å². The highest BCUT2D eigenvalue weighted by Crippen LogP contribution is 2.19. The highest BCUT2D eigenvalue weighted by molar-refractivity contribution is 7.98. The summed E-state index contributed by atoms with van der Waals surface area (Å²) < 4.78 is 0. The van der Waals surface area contributed by atoms with Crippen LogP contribution in [0.25, 0.3) is 0 Å². The molecule has 0 aliphatic heterocycles. The van der Waals surface area contributed by atoms with Gasteiger partial charge in [0.05, 0.1) is 6.04 Å². The van der Waals surface area contributed by atoms with Crippen molar-refractivity contribution in [2.75, 3.05) is 12.8 Å². The van der Waals surface area contributed by atoms with Crippen molar-refractivity contribution in [2.45, 2.75) is 37.8 Å². The summed E-state index contributed by atoms with van der Waals surface area (Å²) >= 11 is 1.73. The van der Waals surface area contributed by atoms with E-state index in [9.17, 15) is 4.79 Å². The number of rotatable bonds is 6. The van der Waals surface area contributed by atoms with E-state index in [0.717, 1.165) is 0 Å². The lowest BCUT2D eigenvalue weighted by molar-refractivity contribution is -0.122. The molecule has 0 aliphatic carbocycles. The van der Waals surface area contributed by atoms with Crippen LogP contribution in [-0.4, -0.2) is 24.7 Å². The van der Waals surface area contributed by atoms with Crippen molar-refractivity contribution in [3.8, 4) is 0 Å². The highest BCUT2D eigenvalue weighted by Gasteiger charge is 2.15. The average molecular weight is 266 g/mol. The third kappa shape index (κ3) is 4.35. The largest absolute Gasteiger partial charge is 0.355 e. The Labute approximate surface area is 114 Å². The first-order chi connectivity index (χ1) is 8.58. The lowest BCUT2D eigenvalue weighted by Crippen LogP contribution is -2.43. The van der Waals surface area contributed by atoms with Gasteiger partial charge in [0.25, 0.3) is 0 Å². The van der Waals surface area contributed by atoms with E-state index >= 15 is 0 Å². The van der Waals surface area contributed by atoms with Crippen molar-refractivity contribution in [3.05, 3.63) is 29.8 Å². The molecule has 0 spiro atoms. The Morgan fingerprint density at radius 1 is 1.28 bits per heavy atom. The van der Waals surface area contributed by atoms with E-state index in [4.69, 9.17) is 0 Å². The molecule has 100 valence electrons. The van der Waals surface area contributed by atoms with Crippen LogP contribution in [0, 0.1) is 0 Å². The van der Waals surface area contributed by atoms with Crippen LogP contribution in [0.15, 0.2) is 29.2 Å². The molecule has 0 saturated carbocycles. The van der Waals surface area contributed by atoms with Gasteiger partial charge >= 0.3 is 0 Å². The number of carbonyl (C=O) groups is 1. The molecule has 1 aromatic rings. The molecular formula is C14H22N2OS. The zero-order valence-electron chi connectivity index (χ0n) is 11.5. The summed E-state index contributed by atoms with van der Waals surface area (Å²) in [6.07, 6.45) is 2.06. The van der Waals surface area contributed by atoms with Gasteiger partial charge in [-0.1, -0.05) is 12.1 Å². The van der Waals surface area contributed by atoms with Gasteiger partial charge in [-0.2, -0.15) is 0 Å². The first-order valence-electron chi connectivity index (χ1n) is 6.26. The minimum atomic E-state index is -0.180. The second-order valence-electron chi connectivity index (χ2n) is 4.28. The Hall–Kier alpha value is -1.00. The van der Waals surface area contributed by atoms with Gasteiger partial charge in [-0.25, -0.2) is 0 Å². The van der Waals surface area contributed by atoms with Gasteiger partial charge in [0, 0.05) is 17.5 Å². The Bertz CT molecular complexity index is 378. The molecule has 1 rings (SSSR count). The lowest BCUT2D eigenvalue weighted by Gasteiger charge is -2.19. The van der Waals surface area contributed by atoms with E-state index < -0.39 is 0 Å². The maximum absolute atomic E-state index is 11.6. The Morgan fingerprint density at radius 3 is 2.39 bits per heavy atom. The Balaban J connectivity index is 2.58. The Kier molecular flexibility index (Phi) is 6.22.